The number of carbonyl (C=O) groups is 1. The Morgan fingerprint density at radius 1 is 1.19 bits per heavy atom. The van der Waals surface area contributed by atoms with Crippen LogP contribution in [0.25, 0.3) is 5.57 Å². The summed E-state index contributed by atoms with van der Waals surface area (Å²) in [4.78, 5) is 29.6. The van der Waals surface area contributed by atoms with Gasteiger partial charge in [0.1, 0.15) is 0 Å². The minimum absolute atomic E-state index is 0.588. The van der Waals surface area contributed by atoms with E-state index >= 15 is 0 Å². The van der Waals surface area contributed by atoms with Crippen LogP contribution < -0.4 is 20.4 Å². The molecule has 37 heavy (non-hydrogen) atoms. The first kappa shape index (κ1) is 24.6. The van der Waals surface area contributed by atoms with Crippen LogP contribution in [0.2, 0.25) is 0 Å². The fourth-order valence-corrected chi connectivity index (χ4v) is 7.29. The van der Waals surface area contributed by atoms with Crippen molar-refractivity contribution in [3.63, 3.8) is 0 Å². The average molecular weight is 518 g/mol. The van der Waals surface area contributed by atoms with Crippen molar-refractivity contribution >= 4 is 41.1 Å². The maximum atomic E-state index is 11.9. The van der Waals surface area contributed by atoms with Crippen LogP contribution in [-0.2, 0) is 4.79 Å². The maximum absolute atomic E-state index is 11.9. The molecule has 0 radical (unpaired) electrons. The number of nitrogens with one attached hydrogen (secondary N) is 2. The number of rotatable bonds is 3. The van der Waals surface area contributed by atoms with Gasteiger partial charge in [0.25, 0.3) is 0 Å². The summed E-state index contributed by atoms with van der Waals surface area (Å²) in [7, 11) is 4.25. The van der Waals surface area contributed by atoms with Crippen molar-refractivity contribution in [2.45, 2.75) is 36.2 Å². The Bertz CT molecular complexity index is 1240. The van der Waals surface area contributed by atoms with Gasteiger partial charge in [0.15, 0.2) is 12.1 Å². The Morgan fingerprint density at radius 3 is 2.73 bits per heavy atom. The first-order chi connectivity index (χ1) is 18.1. The van der Waals surface area contributed by atoms with E-state index in [0.29, 0.717) is 23.1 Å². The molecule has 0 aliphatic carbocycles. The van der Waals surface area contributed by atoms with Crippen molar-refractivity contribution in [3.05, 3.63) is 53.2 Å². The number of hydrogen-bond acceptors (Lipinski definition) is 9. The van der Waals surface area contributed by atoms with E-state index in [9.17, 15) is 4.79 Å². The molecule has 7 rings (SSSR count). The molecule has 0 bridgehead atoms. The number of nitrogens with zero attached hydrogens (tertiary/aromatic N) is 5. The molecule has 2 atom stereocenters. The summed E-state index contributed by atoms with van der Waals surface area (Å²) < 4.78 is 0. The fraction of sp³-hybridized carbons (Fsp3) is 0.464. The summed E-state index contributed by atoms with van der Waals surface area (Å²) in [6.07, 6.45) is 6.56. The van der Waals surface area contributed by atoms with Gasteiger partial charge in [-0.2, -0.15) is 4.98 Å². The Kier molecular flexibility index (Phi) is 6.79. The van der Waals surface area contributed by atoms with E-state index in [-0.39, 0.29) is 0 Å². The lowest BCUT2D eigenvalue weighted by atomic mass is 9.99. The predicted octanol–water partition coefficient (Wildman–Crippen LogP) is 3.26. The molecule has 0 amide bonds. The molecule has 2 N–H and O–H groups in total. The Morgan fingerprint density at radius 2 is 2.00 bits per heavy atom. The van der Waals surface area contributed by atoms with Gasteiger partial charge in [0.2, 0.25) is 5.95 Å². The number of likely N-dealkylation sites (N-methyl/N-ethyl adjacent to an activating group) is 1. The van der Waals surface area contributed by atoms with E-state index in [1.54, 1.807) is 11.8 Å². The first-order valence-corrected chi connectivity index (χ1v) is 14.1. The third kappa shape index (κ3) is 4.37. The highest BCUT2D eigenvalue weighted by Gasteiger charge is 2.42. The van der Waals surface area contributed by atoms with E-state index < -0.39 is 0 Å². The molecule has 5 aliphatic rings. The number of piperidine rings is 1. The number of para-hydroxylation sites is 1. The van der Waals surface area contributed by atoms with Gasteiger partial charge in [0.05, 0.1) is 16.3 Å². The number of likely N-dealkylation sites (tertiary alicyclic amines) is 1. The van der Waals surface area contributed by atoms with Crippen molar-refractivity contribution in [1.82, 2.24) is 25.5 Å². The lowest BCUT2D eigenvalue weighted by molar-refractivity contribution is -0.104. The van der Waals surface area contributed by atoms with Gasteiger partial charge in [-0.25, -0.2) is 4.98 Å². The second kappa shape index (κ2) is 10.2. The molecule has 6 heterocycles. The molecule has 194 valence electrons. The number of aromatic nitrogens is 2. The number of benzene rings is 1. The molecule has 5 aliphatic heterocycles. The zero-order valence-corrected chi connectivity index (χ0v) is 22.4. The van der Waals surface area contributed by atoms with Gasteiger partial charge >= 0.3 is 0 Å². The molecule has 3 fully saturated rings. The molecule has 2 aromatic rings. The lowest BCUT2D eigenvalue weighted by Crippen LogP contribution is -2.37. The Labute approximate surface area is 223 Å². The second-order valence-electron chi connectivity index (χ2n) is 10.4. The summed E-state index contributed by atoms with van der Waals surface area (Å²) >= 11 is 1.60. The Balaban J connectivity index is 0.000000272. The van der Waals surface area contributed by atoms with Crippen molar-refractivity contribution < 1.29 is 4.79 Å². The molecule has 9 heteroatoms. The molecule has 2 unspecified atom stereocenters. The normalized spacial score (nSPS) is 24.9. The molecule has 1 aromatic heterocycles. The van der Waals surface area contributed by atoms with Crippen LogP contribution in [0.15, 0.2) is 52.5 Å². The number of hydrogen-bond donors (Lipinski definition) is 2. The van der Waals surface area contributed by atoms with Crippen LogP contribution in [0.1, 0.15) is 24.8 Å². The Hall–Kier alpha value is -2.72. The van der Waals surface area contributed by atoms with Crippen molar-refractivity contribution in [2.24, 2.45) is 5.92 Å². The monoisotopic (exact) mass is 517 g/mol. The van der Waals surface area contributed by atoms with Gasteiger partial charge in [-0.05, 0) is 76.6 Å². The second-order valence-corrected chi connectivity index (χ2v) is 11.5. The van der Waals surface area contributed by atoms with Gasteiger partial charge < -0.3 is 20.4 Å². The standard InChI is InChI=1S/C22H21N5OS.C6H14N2/c1-13-15-9-23-22(26-10-14-7-8-25(2)18(14)11-26)24-20(15)27-17-5-3-4-6-19(17)29-21(27)16(13)12-28;1-7-6-2-4-8-5-3-6/h3-6,9,12,14,18H,1,7-8,10-11H2,2H3;6-8H,2-5H2,1H3. The van der Waals surface area contributed by atoms with Crippen LogP contribution in [-0.4, -0.2) is 80.1 Å². The SMILES string of the molecule is C=C1C(C=O)=C2Sc3ccccc3N2c2nc(N3CC4CCN(C)C4C3)ncc21.CNC1CCNCC1. The van der Waals surface area contributed by atoms with Crippen molar-refractivity contribution in [2.75, 3.05) is 56.6 Å². The van der Waals surface area contributed by atoms with Gasteiger partial charge in [-0.15, -0.1) is 0 Å². The summed E-state index contributed by atoms with van der Waals surface area (Å²) in [6, 6.07) is 9.56. The van der Waals surface area contributed by atoms with Crippen LogP contribution in [0.3, 0.4) is 0 Å². The number of fused-ring (bicyclic) bond motifs is 6. The molecule has 0 saturated carbocycles. The topological polar surface area (TPSA) is 76.6 Å². The number of aldehydes is 1. The van der Waals surface area contributed by atoms with E-state index in [0.717, 1.165) is 58.4 Å². The van der Waals surface area contributed by atoms with Crippen LogP contribution >= 0.6 is 11.8 Å². The molecular weight excluding hydrogens is 482 g/mol. The molecule has 1 aromatic carbocycles. The van der Waals surface area contributed by atoms with Gasteiger partial charge in [-0.1, -0.05) is 30.5 Å². The minimum atomic E-state index is 0.588. The minimum Gasteiger partial charge on any atom is -0.339 e. The highest BCUT2D eigenvalue weighted by Crippen LogP contribution is 2.55. The average Bonchev–Trinajstić information content (AvgIpc) is 3.63. The number of allylic oxidation sites excluding steroid dienone is 2. The van der Waals surface area contributed by atoms with Gasteiger partial charge in [0, 0.05) is 41.8 Å². The number of carbonyl (C=O) groups excluding carboxylic acids is 1. The van der Waals surface area contributed by atoms with Crippen molar-refractivity contribution in [1.29, 1.82) is 0 Å². The third-order valence-corrected chi connectivity index (χ3v) is 9.50. The largest absolute Gasteiger partial charge is 0.339 e. The number of thioether (sulfide) groups is 1. The molecule has 0 spiro atoms. The number of anilines is 3. The summed E-state index contributed by atoms with van der Waals surface area (Å²) in [5.74, 6) is 2.28. The summed E-state index contributed by atoms with van der Waals surface area (Å²) in [6.45, 7) is 9.71. The smallest absolute Gasteiger partial charge is 0.227 e. The molecule has 8 nitrogen and oxygen atoms in total. The zero-order chi connectivity index (χ0) is 25.5. The quantitative estimate of drug-likeness (QED) is 0.597. The van der Waals surface area contributed by atoms with Crippen LogP contribution in [0.5, 0.6) is 0 Å². The highest BCUT2D eigenvalue weighted by atomic mass is 32.2. The van der Waals surface area contributed by atoms with Gasteiger partial charge in [-0.3, -0.25) is 9.69 Å². The van der Waals surface area contributed by atoms with Crippen molar-refractivity contribution in [3.8, 4) is 0 Å². The van der Waals surface area contributed by atoms with E-state index in [1.165, 1.54) is 38.9 Å². The van der Waals surface area contributed by atoms with E-state index in [1.807, 2.05) is 25.4 Å². The fourth-order valence-electron chi connectivity index (χ4n) is 6.11. The van der Waals surface area contributed by atoms with E-state index in [4.69, 9.17) is 4.98 Å². The predicted molar refractivity (Wildman–Crippen MR) is 150 cm³/mol. The third-order valence-electron chi connectivity index (χ3n) is 8.34. The summed E-state index contributed by atoms with van der Waals surface area (Å²) in [5, 5.41) is 7.46. The first-order valence-electron chi connectivity index (χ1n) is 13.3. The molecular formula is C28H35N7OS. The lowest BCUT2D eigenvalue weighted by Gasteiger charge is -2.30. The van der Waals surface area contributed by atoms with Crippen LogP contribution in [0.4, 0.5) is 17.5 Å². The van der Waals surface area contributed by atoms with Crippen LogP contribution in [0, 0.1) is 5.92 Å². The zero-order valence-electron chi connectivity index (χ0n) is 21.6. The summed E-state index contributed by atoms with van der Waals surface area (Å²) in [5.41, 5.74) is 3.20. The molecule has 3 saturated heterocycles. The maximum Gasteiger partial charge on any atom is 0.227 e. The van der Waals surface area contributed by atoms with E-state index in [2.05, 4.69) is 56.1 Å². The highest BCUT2D eigenvalue weighted by molar-refractivity contribution is 8.03.